The van der Waals surface area contributed by atoms with Crippen molar-refractivity contribution in [1.29, 1.82) is 0 Å². The van der Waals surface area contributed by atoms with Crippen molar-refractivity contribution in [3.05, 3.63) is 29.8 Å². The van der Waals surface area contributed by atoms with Crippen LogP contribution in [0.5, 0.6) is 5.75 Å². The van der Waals surface area contributed by atoms with Crippen molar-refractivity contribution in [1.82, 2.24) is 4.90 Å². The maximum atomic E-state index is 11.5. The van der Waals surface area contributed by atoms with Crippen LogP contribution in [0.15, 0.2) is 24.3 Å². The molecule has 116 valence electrons. The van der Waals surface area contributed by atoms with Gasteiger partial charge in [0.1, 0.15) is 5.75 Å². The van der Waals surface area contributed by atoms with Gasteiger partial charge in [-0.05, 0) is 63.9 Å². The summed E-state index contributed by atoms with van der Waals surface area (Å²) in [5.74, 6) is 0.518. The van der Waals surface area contributed by atoms with Crippen LogP contribution < -0.4 is 4.74 Å². The fourth-order valence-electron chi connectivity index (χ4n) is 2.68. The van der Waals surface area contributed by atoms with E-state index in [4.69, 9.17) is 9.47 Å². The van der Waals surface area contributed by atoms with Crippen LogP contribution in [-0.2, 0) is 4.74 Å². The lowest BCUT2D eigenvalue weighted by atomic mass is 10.2. The monoisotopic (exact) mass is 291 g/mol. The number of hydrogen-bond donors (Lipinski definition) is 0. The Kier molecular flexibility index (Phi) is 6.05. The molecule has 0 aromatic heterocycles. The lowest BCUT2D eigenvalue weighted by Gasteiger charge is -2.20. The number of carbonyl (C=O) groups excluding carboxylic acids is 1. The molecule has 1 aromatic rings. The molecule has 21 heavy (non-hydrogen) atoms. The number of nitrogens with zero attached hydrogens (tertiary/aromatic N) is 1. The molecule has 0 radical (unpaired) electrons. The average molecular weight is 291 g/mol. The third-order valence-corrected chi connectivity index (χ3v) is 3.91. The summed E-state index contributed by atoms with van der Waals surface area (Å²) in [6.45, 7) is 7.52. The van der Waals surface area contributed by atoms with Crippen molar-refractivity contribution in [2.45, 2.75) is 39.2 Å². The van der Waals surface area contributed by atoms with E-state index in [0.29, 0.717) is 24.8 Å². The van der Waals surface area contributed by atoms with Crippen LogP contribution in [0.25, 0.3) is 0 Å². The minimum atomic E-state index is -0.285. The van der Waals surface area contributed by atoms with Gasteiger partial charge in [0, 0.05) is 12.6 Å². The number of hydrogen-bond acceptors (Lipinski definition) is 4. The lowest BCUT2D eigenvalue weighted by Crippen LogP contribution is -2.28. The number of benzene rings is 1. The van der Waals surface area contributed by atoms with Gasteiger partial charge in [0.25, 0.3) is 0 Å². The molecule has 1 heterocycles. The molecule has 0 saturated carbocycles. The molecule has 1 saturated heterocycles. The zero-order valence-electron chi connectivity index (χ0n) is 13.0. The van der Waals surface area contributed by atoms with E-state index >= 15 is 0 Å². The molecule has 1 aliphatic rings. The molecule has 1 fully saturated rings. The number of ether oxygens (including phenoxy) is 2. The minimum Gasteiger partial charge on any atom is -0.494 e. The summed E-state index contributed by atoms with van der Waals surface area (Å²) in [6.07, 6.45) is 3.66. The van der Waals surface area contributed by atoms with E-state index in [1.807, 2.05) is 12.1 Å². The second kappa shape index (κ2) is 8.03. The Morgan fingerprint density at radius 2 is 2.10 bits per heavy atom. The first-order valence-corrected chi connectivity index (χ1v) is 7.84. The Morgan fingerprint density at radius 3 is 2.71 bits per heavy atom. The third-order valence-electron chi connectivity index (χ3n) is 3.91. The van der Waals surface area contributed by atoms with Gasteiger partial charge in [-0.25, -0.2) is 4.79 Å². The highest BCUT2D eigenvalue weighted by Gasteiger charge is 2.19. The van der Waals surface area contributed by atoms with E-state index in [2.05, 4.69) is 11.8 Å². The van der Waals surface area contributed by atoms with Gasteiger partial charge in [0.05, 0.1) is 18.8 Å². The minimum absolute atomic E-state index is 0.285. The van der Waals surface area contributed by atoms with Gasteiger partial charge in [-0.15, -0.1) is 0 Å². The Morgan fingerprint density at radius 1 is 1.33 bits per heavy atom. The van der Waals surface area contributed by atoms with Gasteiger partial charge >= 0.3 is 5.97 Å². The normalized spacial score (nSPS) is 18.7. The number of esters is 1. The van der Waals surface area contributed by atoms with Crippen LogP contribution >= 0.6 is 0 Å². The van der Waals surface area contributed by atoms with E-state index < -0.39 is 0 Å². The number of rotatable bonds is 7. The Bertz CT molecular complexity index is 444. The molecule has 0 aliphatic carbocycles. The van der Waals surface area contributed by atoms with Crippen molar-refractivity contribution in [2.75, 3.05) is 26.3 Å². The molecule has 4 heteroatoms. The molecule has 0 amide bonds. The van der Waals surface area contributed by atoms with Crippen LogP contribution in [0.1, 0.15) is 43.5 Å². The molecule has 0 N–H and O–H groups in total. The highest BCUT2D eigenvalue weighted by molar-refractivity contribution is 5.89. The fourth-order valence-corrected chi connectivity index (χ4v) is 2.68. The van der Waals surface area contributed by atoms with E-state index in [1.54, 1.807) is 19.1 Å². The van der Waals surface area contributed by atoms with Crippen LogP contribution in [0.3, 0.4) is 0 Å². The largest absolute Gasteiger partial charge is 0.494 e. The Labute approximate surface area is 127 Å². The average Bonchev–Trinajstić information content (AvgIpc) is 2.90. The van der Waals surface area contributed by atoms with Gasteiger partial charge in [0.2, 0.25) is 0 Å². The lowest BCUT2D eigenvalue weighted by molar-refractivity contribution is 0.0526. The molecule has 0 bridgehead atoms. The summed E-state index contributed by atoms with van der Waals surface area (Å²) in [6, 6.07) is 7.86. The van der Waals surface area contributed by atoms with Crippen LogP contribution in [0, 0.1) is 0 Å². The Hall–Kier alpha value is -1.55. The molecule has 1 aromatic carbocycles. The first-order valence-electron chi connectivity index (χ1n) is 7.84. The molecule has 2 rings (SSSR count). The van der Waals surface area contributed by atoms with Gasteiger partial charge in [-0.3, -0.25) is 0 Å². The first-order chi connectivity index (χ1) is 10.2. The summed E-state index contributed by atoms with van der Waals surface area (Å²) in [7, 11) is 0. The summed E-state index contributed by atoms with van der Waals surface area (Å²) in [5.41, 5.74) is 0.565. The molecule has 1 aliphatic heterocycles. The van der Waals surface area contributed by atoms with Crippen molar-refractivity contribution < 1.29 is 14.3 Å². The van der Waals surface area contributed by atoms with Crippen LogP contribution in [0.2, 0.25) is 0 Å². The van der Waals surface area contributed by atoms with E-state index in [-0.39, 0.29) is 5.97 Å². The highest BCUT2D eigenvalue weighted by atomic mass is 16.5. The van der Waals surface area contributed by atoms with Crippen molar-refractivity contribution in [2.24, 2.45) is 0 Å². The summed E-state index contributed by atoms with van der Waals surface area (Å²) >= 11 is 0. The van der Waals surface area contributed by atoms with E-state index in [0.717, 1.165) is 18.7 Å². The second-order valence-electron chi connectivity index (χ2n) is 5.47. The predicted octanol–water partition coefficient (Wildman–Crippen LogP) is 3.12. The summed E-state index contributed by atoms with van der Waals surface area (Å²) in [5, 5.41) is 0. The van der Waals surface area contributed by atoms with Crippen LogP contribution in [-0.4, -0.2) is 43.2 Å². The van der Waals surface area contributed by atoms with Crippen molar-refractivity contribution in [3.8, 4) is 5.75 Å². The fraction of sp³-hybridized carbons (Fsp3) is 0.588. The Balaban J connectivity index is 1.70. The molecular formula is C17H25NO3. The van der Waals surface area contributed by atoms with Gasteiger partial charge < -0.3 is 14.4 Å². The van der Waals surface area contributed by atoms with Gasteiger partial charge in [-0.2, -0.15) is 0 Å². The maximum absolute atomic E-state index is 11.5. The second-order valence-corrected chi connectivity index (χ2v) is 5.47. The first kappa shape index (κ1) is 15.8. The molecule has 1 atom stereocenters. The zero-order chi connectivity index (χ0) is 15.1. The SMILES string of the molecule is CCOC(=O)c1ccc(OCCCN2CCC[C@H]2C)cc1. The van der Waals surface area contributed by atoms with Gasteiger partial charge in [0.15, 0.2) is 0 Å². The summed E-state index contributed by atoms with van der Waals surface area (Å²) < 4.78 is 10.7. The number of likely N-dealkylation sites (tertiary alicyclic amines) is 1. The number of carbonyl (C=O) groups is 1. The van der Waals surface area contributed by atoms with Crippen molar-refractivity contribution in [3.63, 3.8) is 0 Å². The molecule has 0 spiro atoms. The predicted molar refractivity (Wildman–Crippen MR) is 82.8 cm³/mol. The molecule has 0 unspecified atom stereocenters. The van der Waals surface area contributed by atoms with Crippen molar-refractivity contribution >= 4 is 5.97 Å². The highest BCUT2D eigenvalue weighted by Crippen LogP contribution is 2.17. The molecular weight excluding hydrogens is 266 g/mol. The van der Waals surface area contributed by atoms with Gasteiger partial charge in [-0.1, -0.05) is 0 Å². The smallest absolute Gasteiger partial charge is 0.338 e. The quantitative estimate of drug-likeness (QED) is 0.571. The third kappa shape index (κ3) is 4.74. The van der Waals surface area contributed by atoms with Crippen LogP contribution in [0.4, 0.5) is 0 Å². The standard InChI is InChI=1S/C17H25NO3/c1-3-20-17(19)15-7-9-16(10-8-15)21-13-5-12-18-11-4-6-14(18)2/h7-10,14H,3-6,11-13H2,1-2H3/t14-/m1/s1. The summed E-state index contributed by atoms with van der Waals surface area (Å²) in [4.78, 5) is 14.0. The molecule has 4 nitrogen and oxygen atoms in total. The topological polar surface area (TPSA) is 38.8 Å². The van der Waals surface area contributed by atoms with E-state index in [1.165, 1.54) is 19.4 Å². The zero-order valence-corrected chi connectivity index (χ0v) is 13.0. The van der Waals surface area contributed by atoms with E-state index in [9.17, 15) is 4.79 Å². The maximum Gasteiger partial charge on any atom is 0.338 e.